The molecule has 0 aromatic carbocycles. The maximum absolute atomic E-state index is 10.4. The van der Waals surface area contributed by atoms with Crippen LogP contribution in [0.2, 0.25) is 0 Å². The Kier molecular flexibility index (Phi) is 21.2. The SMILES string of the molecule is C=CCCCCCCCCCOCCOCCOCCOCCOP(=O)(O)O. The molecule has 0 aliphatic heterocycles. The van der Waals surface area contributed by atoms with E-state index in [4.69, 9.17) is 28.7 Å². The average Bonchev–Trinajstić information content (AvgIpc) is 2.65. The van der Waals surface area contributed by atoms with Gasteiger partial charge in [-0.05, 0) is 19.3 Å². The molecule has 0 amide bonds. The van der Waals surface area contributed by atoms with Gasteiger partial charge in [-0.25, -0.2) is 4.57 Å². The molecule has 0 bridgehead atoms. The molecule has 0 aromatic heterocycles. The first-order valence-electron chi connectivity index (χ1n) is 10.2. The fourth-order valence-corrected chi connectivity index (χ4v) is 2.67. The van der Waals surface area contributed by atoms with Crippen LogP contribution in [0.15, 0.2) is 12.7 Å². The van der Waals surface area contributed by atoms with Crippen LogP contribution in [0.3, 0.4) is 0 Å². The molecule has 0 aliphatic carbocycles. The van der Waals surface area contributed by atoms with Gasteiger partial charge in [0.2, 0.25) is 0 Å². The van der Waals surface area contributed by atoms with E-state index in [0.717, 1.165) is 19.4 Å². The molecular formula is C19H39O8P. The number of phosphoric acid groups is 1. The van der Waals surface area contributed by atoms with Crippen molar-refractivity contribution in [3.63, 3.8) is 0 Å². The number of unbranched alkanes of at least 4 members (excludes halogenated alkanes) is 7. The Morgan fingerprint density at radius 1 is 0.607 bits per heavy atom. The third-order valence-electron chi connectivity index (χ3n) is 3.80. The molecule has 0 radical (unpaired) electrons. The zero-order valence-electron chi connectivity index (χ0n) is 17.1. The van der Waals surface area contributed by atoms with E-state index in [1.807, 2.05) is 6.08 Å². The van der Waals surface area contributed by atoms with Crippen molar-refractivity contribution in [2.75, 3.05) is 59.5 Å². The highest BCUT2D eigenvalue weighted by Crippen LogP contribution is 2.35. The first-order valence-corrected chi connectivity index (χ1v) is 11.7. The minimum absolute atomic E-state index is 0.109. The molecule has 0 saturated carbocycles. The van der Waals surface area contributed by atoms with Gasteiger partial charge >= 0.3 is 7.82 Å². The van der Waals surface area contributed by atoms with E-state index in [1.165, 1.54) is 38.5 Å². The molecule has 0 rings (SSSR count). The molecule has 0 spiro atoms. The summed E-state index contributed by atoms with van der Waals surface area (Å²) in [4.78, 5) is 16.9. The second-order valence-electron chi connectivity index (χ2n) is 6.33. The second kappa shape index (κ2) is 21.4. The van der Waals surface area contributed by atoms with Gasteiger partial charge in [0.25, 0.3) is 0 Å². The third kappa shape index (κ3) is 25.7. The van der Waals surface area contributed by atoms with Crippen molar-refractivity contribution < 1.29 is 37.8 Å². The molecule has 0 heterocycles. The van der Waals surface area contributed by atoms with E-state index < -0.39 is 7.82 Å². The maximum Gasteiger partial charge on any atom is 0.469 e. The van der Waals surface area contributed by atoms with Crippen molar-refractivity contribution >= 4 is 7.82 Å². The predicted molar refractivity (Wildman–Crippen MR) is 108 cm³/mol. The Balaban J connectivity index is 3.03. The molecule has 0 fully saturated rings. The first-order chi connectivity index (χ1) is 13.6. The van der Waals surface area contributed by atoms with Crippen LogP contribution in [0.5, 0.6) is 0 Å². The molecule has 0 unspecified atom stereocenters. The molecule has 9 heteroatoms. The van der Waals surface area contributed by atoms with Crippen LogP contribution in [0, 0.1) is 0 Å². The zero-order valence-corrected chi connectivity index (χ0v) is 18.0. The average molecular weight is 426 g/mol. The monoisotopic (exact) mass is 426 g/mol. The number of rotatable bonds is 23. The Bertz CT molecular complexity index is 375. The Morgan fingerprint density at radius 2 is 1.00 bits per heavy atom. The molecule has 0 saturated heterocycles. The Morgan fingerprint density at radius 3 is 1.46 bits per heavy atom. The molecule has 28 heavy (non-hydrogen) atoms. The quantitative estimate of drug-likeness (QED) is 0.145. The standard InChI is InChI=1S/C19H39O8P/c1-2-3-4-5-6-7-8-9-10-11-23-12-13-24-14-15-25-16-17-26-18-19-27-28(20,21)22/h2H,1,3-19H2,(H2,20,21,22). The van der Waals surface area contributed by atoms with E-state index in [1.54, 1.807) is 0 Å². The number of hydrogen-bond acceptors (Lipinski definition) is 6. The smallest absolute Gasteiger partial charge is 0.379 e. The van der Waals surface area contributed by atoms with Crippen molar-refractivity contribution in [1.82, 2.24) is 0 Å². The molecular weight excluding hydrogens is 387 g/mol. The second-order valence-corrected chi connectivity index (χ2v) is 7.56. The summed E-state index contributed by atoms with van der Waals surface area (Å²) in [7, 11) is -4.40. The van der Waals surface area contributed by atoms with Crippen molar-refractivity contribution in [2.24, 2.45) is 0 Å². The highest BCUT2D eigenvalue weighted by molar-refractivity contribution is 7.46. The largest absolute Gasteiger partial charge is 0.469 e. The summed E-state index contributed by atoms with van der Waals surface area (Å²) in [5.74, 6) is 0. The summed E-state index contributed by atoms with van der Waals surface area (Å²) in [5, 5.41) is 0. The van der Waals surface area contributed by atoms with Crippen LogP contribution in [-0.4, -0.2) is 69.2 Å². The molecule has 0 aliphatic rings. The molecule has 0 aromatic rings. The van der Waals surface area contributed by atoms with Gasteiger partial charge < -0.3 is 28.7 Å². The molecule has 8 nitrogen and oxygen atoms in total. The van der Waals surface area contributed by atoms with Crippen molar-refractivity contribution in [3.8, 4) is 0 Å². The van der Waals surface area contributed by atoms with Crippen LogP contribution in [0.1, 0.15) is 51.4 Å². The van der Waals surface area contributed by atoms with Gasteiger partial charge in [-0.3, -0.25) is 4.52 Å². The van der Waals surface area contributed by atoms with Crippen molar-refractivity contribution in [2.45, 2.75) is 51.4 Å². The highest BCUT2D eigenvalue weighted by atomic mass is 31.2. The summed E-state index contributed by atoms with van der Waals surface area (Å²) in [6.45, 7) is 7.34. The van der Waals surface area contributed by atoms with Gasteiger partial charge in [-0.15, -0.1) is 6.58 Å². The zero-order chi connectivity index (χ0) is 20.8. The minimum Gasteiger partial charge on any atom is -0.379 e. The fourth-order valence-electron chi connectivity index (χ4n) is 2.35. The lowest BCUT2D eigenvalue weighted by molar-refractivity contribution is -0.00578. The van der Waals surface area contributed by atoms with Crippen molar-refractivity contribution in [1.29, 1.82) is 0 Å². The lowest BCUT2D eigenvalue weighted by atomic mass is 10.1. The Hall–Kier alpha value is -0.310. The van der Waals surface area contributed by atoms with Gasteiger partial charge in [0.05, 0.1) is 52.9 Å². The first kappa shape index (κ1) is 27.7. The number of allylic oxidation sites excluding steroid dienone is 1. The normalized spacial score (nSPS) is 11.8. The fraction of sp³-hybridized carbons (Fsp3) is 0.895. The van der Waals surface area contributed by atoms with Gasteiger partial charge in [-0.2, -0.15) is 0 Å². The molecule has 0 atom stereocenters. The summed E-state index contributed by atoms with van der Waals surface area (Å²) < 4.78 is 36.0. The van der Waals surface area contributed by atoms with Crippen molar-refractivity contribution in [3.05, 3.63) is 12.7 Å². The van der Waals surface area contributed by atoms with Crippen LogP contribution in [-0.2, 0) is 28.0 Å². The van der Waals surface area contributed by atoms with E-state index in [9.17, 15) is 4.57 Å². The molecule has 168 valence electrons. The van der Waals surface area contributed by atoms with E-state index >= 15 is 0 Å². The summed E-state index contributed by atoms with van der Waals surface area (Å²) in [5.41, 5.74) is 0. The maximum atomic E-state index is 10.4. The van der Waals surface area contributed by atoms with Gasteiger partial charge in [0, 0.05) is 6.61 Å². The van der Waals surface area contributed by atoms with E-state index in [2.05, 4.69) is 11.1 Å². The number of hydrogen-bond donors (Lipinski definition) is 2. The van der Waals surface area contributed by atoms with E-state index in [0.29, 0.717) is 39.6 Å². The van der Waals surface area contributed by atoms with Gasteiger partial charge in [0.15, 0.2) is 0 Å². The predicted octanol–water partition coefficient (Wildman–Crippen LogP) is 3.47. The summed E-state index contributed by atoms with van der Waals surface area (Å²) in [6.07, 6.45) is 12.0. The van der Waals surface area contributed by atoms with Gasteiger partial charge in [0.1, 0.15) is 0 Å². The summed E-state index contributed by atoms with van der Waals surface area (Å²) in [6, 6.07) is 0. The van der Waals surface area contributed by atoms with E-state index in [-0.39, 0.29) is 13.2 Å². The lowest BCUT2D eigenvalue weighted by Gasteiger charge is -2.08. The topological polar surface area (TPSA) is 104 Å². The van der Waals surface area contributed by atoms with Gasteiger partial charge in [-0.1, -0.05) is 38.2 Å². The van der Waals surface area contributed by atoms with Crippen LogP contribution >= 0.6 is 7.82 Å². The van der Waals surface area contributed by atoms with Crippen LogP contribution in [0.25, 0.3) is 0 Å². The molecule has 2 N–H and O–H groups in total. The third-order valence-corrected chi connectivity index (χ3v) is 4.32. The minimum atomic E-state index is -4.40. The van der Waals surface area contributed by atoms with Crippen LogP contribution in [0.4, 0.5) is 0 Å². The van der Waals surface area contributed by atoms with Crippen LogP contribution < -0.4 is 0 Å². The highest BCUT2D eigenvalue weighted by Gasteiger charge is 2.12. The summed E-state index contributed by atoms with van der Waals surface area (Å²) >= 11 is 0. The number of phosphoric ester groups is 1. The lowest BCUT2D eigenvalue weighted by Crippen LogP contribution is -2.13. The Labute approximate surface area is 169 Å². The number of ether oxygens (including phenoxy) is 4.